The van der Waals surface area contributed by atoms with Crippen molar-refractivity contribution in [2.45, 2.75) is 6.92 Å². The van der Waals surface area contributed by atoms with E-state index in [-0.39, 0.29) is 17.9 Å². The van der Waals surface area contributed by atoms with E-state index >= 15 is 0 Å². The lowest BCUT2D eigenvalue weighted by molar-refractivity contribution is -0.145. The van der Waals surface area contributed by atoms with Gasteiger partial charge in [-0.2, -0.15) is 0 Å². The van der Waals surface area contributed by atoms with Crippen molar-refractivity contribution >= 4 is 12.1 Å². The predicted molar refractivity (Wildman–Crippen MR) is 44.3 cm³/mol. The Hall–Kier alpha value is -1.26. The van der Waals surface area contributed by atoms with E-state index in [4.69, 9.17) is 5.11 Å². The lowest BCUT2D eigenvalue weighted by Gasteiger charge is -2.39. The van der Waals surface area contributed by atoms with E-state index in [2.05, 4.69) is 4.74 Å². The van der Waals surface area contributed by atoms with Crippen molar-refractivity contribution in [3.63, 3.8) is 0 Å². The Morgan fingerprint density at radius 1 is 1.54 bits per heavy atom. The third-order valence-corrected chi connectivity index (χ3v) is 2.44. The molecule has 1 aliphatic heterocycles. The molecule has 0 spiro atoms. The zero-order chi connectivity index (χ0) is 10.0. The first kappa shape index (κ1) is 9.83. The Balaban J connectivity index is 2.33. The van der Waals surface area contributed by atoms with Crippen molar-refractivity contribution in [1.29, 1.82) is 0 Å². The quantitative estimate of drug-likeness (QED) is 0.679. The minimum Gasteiger partial charge on any atom is -0.481 e. The number of hydrogen-bond acceptors (Lipinski definition) is 3. The average molecular weight is 187 g/mol. The van der Waals surface area contributed by atoms with Crippen LogP contribution in [-0.4, -0.2) is 42.3 Å². The molecule has 1 aliphatic rings. The van der Waals surface area contributed by atoms with Crippen molar-refractivity contribution in [3.8, 4) is 0 Å². The summed E-state index contributed by atoms with van der Waals surface area (Å²) in [6, 6.07) is 0. The number of carboxylic acids is 1. The lowest BCUT2D eigenvalue weighted by atomic mass is 9.87. The molecule has 5 nitrogen and oxygen atoms in total. The van der Waals surface area contributed by atoms with Crippen LogP contribution in [0.3, 0.4) is 0 Å². The molecule has 1 heterocycles. The molecule has 5 heteroatoms. The molecule has 1 amide bonds. The highest BCUT2D eigenvalue weighted by Gasteiger charge is 2.37. The summed E-state index contributed by atoms with van der Waals surface area (Å²) >= 11 is 0. The highest BCUT2D eigenvalue weighted by Crippen LogP contribution is 2.24. The molecule has 1 atom stereocenters. The fraction of sp³-hybridized carbons (Fsp3) is 0.750. The minimum absolute atomic E-state index is 0.0663. The molecule has 0 bridgehead atoms. The Kier molecular flexibility index (Phi) is 2.75. The maximum Gasteiger partial charge on any atom is 0.409 e. The van der Waals surface area contributed by atoms with Gasteiger partial charge in [0, 0.05) is 19.0 Å². The normalized spacial score (nSPS) is 19.1. The smallest absolute Gasteiger partial charge is 0.409 e. The van der Waals surface area contributed by atoms with Crippen molar-refractivity contribution in [1.82, 2.24) is 4.90 Å². The number of hydrogen-bond donors (Lipinski definition) is 1. The molecule has 1 rings (SSSR count). The minimum atomic E-state index is -0.811. The van der Waals surface area contributed by atoms with Crippen LogP contribution in [0.4, 0.5) is 4.79 Å². The fourth-order valence-corrected chi connectivity index (χ4v) is 1.31. The molecule has 0 radical (unpaired) electrons. The summed E-state index contributed by atoms with van der Waals surface area (Å²) in [5.41, 5.74) is 0. The van der Waals surface area contributed by atoms with Crippen LogP contribution in [0.1, 0.15) is 6.92 Å². The van der Waals surface area contributed by atoms with Crippen LogP contribution in [0.5, 0.6) is 0 Å². The SMILES string of the molecule is COC(=O)N1CC(C(C)C(=O)O)C1. The molecule has 0 saturated carbocycles. The van der Waals surface area contributed by atoms with E-state index in [1.165, 1.54) is 12.0 Å². The van der Waals surface area contributed by atoms with E-state index in [0.717, 1.165) is 0 Å². The van der Waals surface area contributed by atoms with Crippen LogP contribution in [0.25, 0.3) is 0 Å². The zero-order valence-corrected chi connectivity index (χ0v) is 7.69. The second kappa shape index (κ2) is 3.64. The van der Waals surface area contributed by atoms with Crippen LogP contribution in [0.15, 0.2) is 0 Å². The number of amides is 1. The first-order valence-electron chi connectivity index (χ1n) is 4.12. The lowest BCUT2D eigenvalue weighted by Crippen LogP contribution is -2.53. The van der Waals surface area contributed by atoms with Gasteiger partial charge in [-0.15, -0.1) is 0 Å². The van der Waals surface area contributed by atoms with E-state index < -0.39 is 5.97 Å². The molecule has 1 fully saturated rings. The Labute approximate surface area is 76.3 Å². The summed E-state index contributed by atoms with van der Waals surface area (Å²) in [6.45, 7) is 2.63. The first-order valence-corrected chi connectivity index (χ1v) is 4.12. The number of likely N-dealkylation sites (tertiary alicyclic amines) is 1. The fourth-order valence-electron chi connectivity index (χ4n) is 1.31. The van der Waals surface area contributed by atoms with Crippen LogP contribution in [-0.2, 0) is 9.53 Å². The highest BCUT2D eigenvalue weighted by atomic mass is 16.5. The monoisotopic (exact) mass is 187 g/mol. The largest absolute Gasteiger partial charge is 0.481 e. The van der Waals surface area contributed by atoms with Gasteiger partial charge < -0.3 is 14.7 Å². The molecule has 1 N–H and O–H groups in total. The molecule has 0 aliphatic carbocycles. The van der Waals surface area contributed by atoms with Gasteiger partial charge in [0.25, 0.3) is 0 Å². The number of carbonyl (C=O) groups excluding carboxylic acids is 1. The Morgan fingerprint density at radius 2 is 2.08 bits per heavy atom. The zero-order valence-electron chi connectivity index (χ0n) is 7.69. The van der Waals surface area contributed by atoms with E-state index in [9.17, 15) is 9.59 Å². The Morgan fingerprint density at radius 3 is 2.46 bits per heavy atom. The van der Waals surface area contributed by atoms with E-state index in [1.807, 2.05) is 0 Å². The number of ether oxygens (including phenoxy) is 1. The standard InChI is InChI=1S/C8H13NO4/c1-5(7(10)11)6-3-9(4-6)8(12)13-2/h5-6H,3-4H2,1-2H3,(H,10,11). The number of aliphatic carboxylic acids is 1. The second-order valence-corrected chi connectivity index (χ2v) is 3.26. The summed E-state index contributed by atoms with van der Waals surface area (Å²) < 4.78 is 4.48. The molecule has 1 saturated heterocycles. The number of carbonyl (C=O) groups is 2. The maximum atomic E-state index is 10.9. The van der Waals surface area contributed by atoms with Crippen LogP contribution >= 0.6 is 0 Å². The third-order valence-electron chi connectivity index (χ3n) is 2.44. The van der Waals surface area contributed by atoms with Crippen LogP contribution < -0.4 is 0 Å². The van der Waals surface area contributed by atoms with Gasteiger partial charge in [0.2, 0.25) is 0 Å². The molecule has 13 heavy (non-hydrogen) atoms. The average Bonchev–Trinajstić information content (AvgIpc) is 2.00. The molecule has 0 aromatic carbocycles. The number of carboxylic acid groups (broad SMARTS) is 1. The van der Waals surface area contributed by atoms with Gasteiger partial charge in [-0.1, -0.05) is 6.92 Å². The highest BCUT2D eigenvalue weighted by molar-refractivity contribution is 5.72. The van der Waals surface area contributed by atoms with Gasteiger partial charge in [0.05, 0.1) is 13.0 Å². The summed E-state index contributed by atoms with van der Waals surface area (Å²) in [7, 11) is 1.32. The summed E-state index contributed by atoms with van der Waals surface area (Å²) in [6.07, 6.45) is -0.381. The summed E-state index contributed by atoms with van der Waals surface area (Å²) in [4.78, 5) is 22.9. The molecular weight excluding hydrogens is 174 g/mol. The van der Waals surface area contributed by atoms with E-state index in [0.29, 0.717) is 13.1 Å². The molecule has 0 aromatic heterocycles. The van der Waals surface area contributed by atoms with Gasteiger partial charge in [0.15, 0.2) is 0 Å². The predicted octanol–water partition coefficient (Wildman–Crippen LogP) is 0.405. The van der Waals surface area contributed by atoms with Crippen LogP contribution in [0.2, 0.25) is 0 Å². The first-order chi connectivity index (χ1) is 6.06. The molecule has 74 valence electrons. The topological polar surface area (TPSA) is 66.8 Å². The molecule has 1 unspecified atom stereocenters. The van der Waals surface area contributed by atoms with Crippen molar-refractivity contribution in [2.24, 2.45) is 11.8 Å². The summed E-state index contributed by atoms with van der Waals surface area (Å²) in [5, 5.41) is 8.66. The van der Waals surface area contributed by atoms with Gasteiger partial charge >= 0.3 is 12.1 Å². The van der Waals surface area contributed by atoms with Gasteiger partial charge in [-0.25, -0.2) is 4.79 Å². The number of methoxy groups -OCH3 is 1. The van der Waals surface area contributed by atoms with Gasteiger partial charge in [-0.05, 0) is 0 Å². The van der Waals surface area contributed by atoms with E-state index in [1.54, 1.807) is 6.92 Å². The number of rotatable bonds is 2. The van der Waals surface area contributed by atoms with Crippen molar-refractivity contribution < 1.29 is 19.4 Å². The summed E-state index contributed by atoms with van der Waals surface area (Å²) in [5.74, 6) is -1.13. The maximum absolute atomic E-state index is 10.9. The molecular formula is C8H13NO4. The third kappa shape index (κ3) is 1.91. The van der Waals surface area contributed by atoms with Crippen molar-refractivity contribution in [3.05, 3.63) is 0 Å². The van der Waals surface area contributed by atoms with Crippen LogP contribution in [0, 0.1) is 11.8 Å². The Bertz CT molecular complexity index is 222. The van der Waals surface area contributed by atoms with Crippen molar-refractivity contribution in [2.75, 3.05) is 20.2 Å². The van der Waals surface area contributed by atoms with Gasteiger partial charge in [0.1, 0.15) is 0 Å². The number of nitrogens with zero attached hydrogens (tertiary/aromatic N) is 1. The van der Waals surface area contributed by atoms with Gasteiger partial charge in [-0.3, -0.25) is 4.79 Å². The second-order valence-electron chi connectivity index (χ2n) is 3.26. The molecule has 0 aromatic rings.